The topological polar surface area (TPSA) is 45.7 Å². The van der Waals surface area contributed by atoms with Gasteiger partial charge in [-0.15, -0.1) is 0 Å². The Morgan fingerprint density at radius 1 is 1.14 bits per heavy atom. The number of nitrogens with zero attached hydrogens (tertiary/aromatic N) is 1. The van der Waals surface area contributed by atoms with Crippen LogP contribution < -0.4 is 10.6 Å². The van der Waals surface area contributed by atoms with Crippen LogP contribution in [0.5, 0.6) is 0 Å². The van der Waals surface area contributed by atoms with Gasteiger partial charge in [-0.3, -0.25) is 4.99 Å². The summed E-state index contributed by atoms with van der Waals surface area (Å²) in [5.41, 5.74) is 1.49. The Bertz CT molecular complexity index is 453. The molecule has 2 rings (SSSR count). The number of nitrogens with one attached hydrogen (secondary N) is 2. The van der Waals surface area contributed by atoms with Crippen molar-refractivity contribution in [2.45, 2.75) is 38.5 Å². The third kappa shape index (κ3) is 4.47. The molecule has 0 aromatic heterocycles. The number of aliphatic imine (C=N–C) groups is 1. The fourth-order valence-electron chi connectivity index (χ4n) is 2.91. The first-order valence-corrected chi connectivity index (χ1v) is 8.46. The highest BCUT2D eigenvalue weighted by molar-refractivity contribution is 5.79. The minimum Gasteiger partial charge on any atom is -0.381 e. The van der Waals surface area contributed by atoms with Gasteiger partial charge in [-0.2, -0.15) is 0 Å². The van der Waals surface area contributed by atoms with E-state index in [1.807, 2.05) is 0 Å². The molecule has 1 aromatic rings. The van der Waals surface area contributed by atoms with E-state index in [-0.39, 0.29) is 5.41 Å². The zero-order chi connectivity index (χ0) is 15.7. The summed E-state index contributed by atoms with van der Waals surface area (Å²) in [7, 11) is 0. The molecule has 0 spiro atoms. The van der Waals surface area contributed by atoms with Crippen LogP contribution in [0, 0.1) is 0 Å². The van der Waals surface area contributed by atoms with E-state index in [9.17, 15) is 0 Å². The number of benzene rings is 1. The summed E-state index contributed by atoms with van der Waals surface area (Å²) in [5, 5.41) is 6.72. The van der Waals surface area contributed by atoms with Crippen LogP contribution in [0.25, 0.3) is 0 Å². The standard InChI is InChI=1S/C18H29N3O/c1-3-12-20-17(19-4-2)21-15-18(10-13-22-14-11-18)16-8-6-5-7-9-16/h5-9H,3-4,10-15H2,1-2H3,(H2,19,20,21). The Kier molecular flexibility index (Phi) is 6.72. The molecule has 2 N–H and O–H groups in total. The lowest BCUT2D eigenvalue weighted by Gasteiger charge is -2.36. The van der Waals surface area contributed by atoms with Gasteiger partial charge in [-0.25, -0.2) is 0 Å². The zero-order valence-electron chi connectivity index (χ0n) is 13.9. The number of rotatable bonds is 6. The third-order valence-electron chi connectivity index (χ3n) is 4.26. The molecule has 0 bridgehead atoms. The fraction of sp³-hybridized carbons (Fsp3) is 0.611. The molecular weight excluding hydrogens is 274 g/mol. The second-order valence-electron chi connectivity index (χ2n) is 5.88. The van der Waals surface area contributed by atoms with E-state index < -0.39 is 0 Å². The van der Waals surface area contributed by atoms with Gasteiger partial charge >= 0.3 is 0 Å². The Morgan fingerprint density at radius 2 is 1.86 bits per heavy atom. The maximum atomic E-state index is 5.59. The van der Waals surface area contributed by atoms with Crippen LogP contribution in [0.3, 0.4) is 0 Å². The molecule has 22 heavy (non-hydrogen) atoms. The van der Waals surface area contributed by atoms with E-state index in [4.69, 9.17) is 9.73 Å². The van der Waals surface area contributed by atoms with Crippen molar-refractivity contribution < 1.29 is 4.74 Å². The number of hydrogen-bond acceptors (Lipinski definition) is 2. The van der Waals surface area contributed by atoms with Crippen molar-refractivity contribution in [2.75, 3.05) is 32.8 Å². The summed E-state index contributed by atoms with van der Waals surface area (Å²) in [6, 6.07) is 10.8. The van der Waals surface area contributed by atoms with Crippen LogP contribution in [0.1, 0.15) is 38.7 Å². The van der Waals surface area contributed by atoms with Crippen LogP contribution in [0.4, 0.5) is 0 Å². The third-order valence-corrected chi connectivity index (χ3v) is 4.26. The minimum absolute atomic E-state index is 0.105. The van der Waals surface area contributed by atoms with Crippen LogP contribution in [-0.4, -0.2) is 38.8 Å². The Hall–Kier alpha value is -1.55. The summed E-state index contributed by atoms with van der Waals surface area (Å²) in [4.78, 5) is 4.86. The maximum absolute atomic E-state index is 5.59. The zero-order valence-corrected chi connectivity index (χ0v) is 13.9. The highest BCUT2D eigenvalue weighted by Crippen LogP contribution is 2.35. The van der Waals surface area contributed by atoms with Gasteiger partial charge in [-0.1, -0.05) is 37.3 Å². The Balaban J connectivity index is 2.15. The second-order valence-corrected chi connectivity index (χ2v) is 5.88. The van der Waals surface area contributed by atoms with Gasteiger partial charge in [0.15, 0.2) is 5.96 Å². The Labute approximate surface area is 134 Å². The van der Waals surface area contributed by atoms with Crippen molar-refractivity contribution in [3.8, 4) is 0 Å². The van der Waals surface area contributed by atoms with E-state index in [1.54, 1.807) is 0 Å². The summed E-state index contributed by atoms with van der Waals surface area (Å²) in [6.07, 6.45) is 3.17. The largest absolute Gasteiger partial charge is 0.381 e. The molecule has 1 aliphatic heterocycles. The molecule has 1 heterocycles. The van der Waals surface area contributed by atoms with Gasteiger partial charge in [0.05, 0.1) is 6.54 Å². The van der Waals surface area contributed by atoms with E-state index in [0.717, 1.165) is 58.1 Å². The first-order valence-electron chi connectivity index (χ1n) is 8.46. The van der Waals surface area contributed by atoms with Crippen molar-refractivity contribution in [3.63, 3.8) is 0 Å². The lowest BCUT2D eigenvalue weighted by molar-refractivity contribution is 0.0531. The van der Waals surface area contributed by atoms with Crippen LogP contribution in [-0.2, 0) is 10.2 Å². The first-order chi connectivity index (χ1) is 10.8. The van der Waals surface area contributed by atoms with E-state index in [2.05, 4.69) is 54.8 Å². The Morgan fingerprint density at radius 3 is 2.50 bits per heavy atom. The molecule has 1 aromatic carbocycles. The van der Waals surface area contributed by atoms with Gasteiger partial charge < -0.3 is 15.4 Å². The highest BCUT2D eigenvalue weighted by Gasteiger charge is 2.34. The van der Waals surface area contributed by atoms with Crippen molar-refractivity contribution in [1.29, 1.82) is 0 Å². The van der Waals surface area contributed by atoms with Gasteiger partial charge in [0.25, 0.3) is 0 Å². The number of ether oxygens (including phenoxy) is 1. The summed E-state index contributed by atoms with van der Waals surface area (Å²) in [5.74, 6) is 0.922. The molecule has 1 saturated heterocycles. The lowest BCUT2D eigenvalue weighted by Crippen LogP contribution is -2.41. The van der Waals surface area contributed by atoms with E-state index >= 15 is 0 Å². The molecule has 0 amide bonds. The van der Waals surface area contributed by atoms with Gasteiger partial charge in [0, 0.05) is 31.7 Å². The van der Waals surface area contributed by atoms with Gasteiger partial charge in [0.1, 0.15) is 0 Å². The second kappa shape index (κ2) is 8.79. The number of guanidine groups is 1. The smallest absolute Gasteiger partial charge is 0.191 e. The average molecular weight is 303 g/mol. The predicted octanol–water partition coefficient (Wildman–Crippen LogP) is 2.70. The SMILES string of the molecule is CCCNC(=NCC1(c2ccccc2)CCOCC1)NCC. The fourth-order valence-corrected chi connectivity index (χ4v) is 2.91. The molecule has 4 nitrogen and oxygen atoms in total. The molecule has 1 fully saturated rings. The maximum Gasteiger partial charge on any atom is 0.191 e. The highest BCUT2D eigenvalue weighted by atomic mass is 16.5. The summed E-state index contributed by atoms with van der Waals surface area (Å²) in [6.45, 7) is 8.56. The molecular formula is C18H29N3O. The van der Waals surface area contributed by atoms with E-state index in [1.165, 1.54) is 5.56 Å². The quantitative estimate of drug-likeness (QED) is 0.627. The molecule has 0 radical (unpaired) electrons. The molecule has 0 atom stereocenters. The minimum atomic E-state index is 0.105. The predicted molar refractivity (Wildman–Crippen MR) is 92.4 cm³/mol. The summed E-state index contributed by atoms with van der Waals surface area (Å²) < 4.78 is 5.59. The number of hydrogen-bond donors (Lipinski definition) is 2. The average Bonchev–Trinajstić information content (AvgIpc) is 2.59. The monoisotopic (exact) mass is 303 g/mol. The molecule has 1 aliphatic rings. The van der Waals surface area contributed by atoms with E-state index in [0.29, 0.717) is 0 Å². The normalized spacial score (nSPS) is 18.0. The molecule has 0 unspecified atom stereocenters. The van der Waals surface area contributed by atoms with Crippen molar-refractivity contribution in [3.05, 3.63) is 35.9 Å². The van der Waals surface area contributed by atoms with Gasteiger partial charge in [0.2, 0.25) is 0 Å². The molecule has 4 heteroatoms. The first kappa shape index (κ1) is 16.8. The molecule has 0 aliphatic carbocycles. The lowest BCUT2D eigenvalue weighted by atomic mass is 9.74. The van der Waals surface area contributed by atoms with Crippen LogP contribution in [0.2, 0.25) is 0 Å². The molecule has 122 valence electrons. The van der Waals surface area contributed by atoms with Crippen molar-refractivity contribution in [2.24, 2.45) is 4.99 Å². The van der Waals surface area contributed by atoms with Crippen LogP contribution in [0.15, 0.2) is 35.3 Å². The molecule has 0 saturated carbocycles. The van der Waals surface area contributed by atoms with Crippen LogP contribution >= 0.6 is 0 Å². The van der Waals surface area contributed by atoms with Crippen molar-refractivity contribution >= 4 is 5.96 Å². The van der Waals surface area contributed by atoms with Crippen molar-refractivity contribution in [1.82, 2.24) is 10.6 Å². The summed E-state index contributed by atoms with van der Waals surface area (Å²) >= 11 is 0. The van der Waals surface area contributed by atoms with Gasteiger partial charge in [-0.05, 0) is 31.7 Å².